The van der Waals surface area contributed by atoms with Crippen LogP contribution in [0.2, 0.25) is 0 Å². The molecule has 0 aliphatic carbocycles. The standard InChI is InChI=1S/C13H25NO4S/c1-10-5-7-18-13(10)12(15)8-11-4-3-6-14(9-11)19(2,16)17/h10-13,15H,3-9H2,1-2H3. The second-order valence-corrected chi connectivity index (χ2v) is 8.02. The maximum absolute atomic E-state index is 11.6. The molecule has 112 valence electrons. The highest BCUT2D eigenvalue weighted by Gasteiger charge is 2.34. The van der Waals surface area contributed by atoms with Crippen LogP contribution in [0.3, 0.4) is 0 Å². The number of ether oxygens (including phenoxy) is 1. The van der Waals surface area contributed by atoms with Gasteiger partial charge in [-0.1, -0.05) is 6.92 Å². The zero-order valence-corrected chi connectivity index (χ0v) is 12.6. The van der Waals surface area contributed by atoms with Gasteiger partial charge in [0, 0.05) is 19.7 Å². The quantitative estimate of drug-likeness (QED) is 0.833. The summed E-state index contributed by atoms with van der Waals surface area (Å²) in [5.74, 6) is 0.638. The molecule has 19 heavy (non-hydrogen) atoms. The van der Waals surface area contributed by atoms with Crippen molar-refractivity contribution in [1.29, 1.82) is 0 Å². The van der Waals surface area contributed by atoms with Crippen LogP contribution in [0.15, 0.2) is 0 Å². The normalized spacial score (nSPS) is 35.4. The molecule has 0 radical (unpaired) electrons. The van der Waals surface area contributed by atoms with Gasteiger partial charge in [-0.15, -0.1) is 0 Å². The van der Waals surface area contributed by atoms with Crippen LogP contribution >= 0.6 is 0 Å². The first kappa shape index (κ1) is 15.2. The van der Waals surface area contributed by atoms with Crippen molar-refractivity contribution in [2.75, 3.05) is 26.0 Å². The first-order valence-electron chi connectivity index (χ1n) is 7.12. The molecule has 2 aliphatic heterocycles. The summed E-state index contributed by atoms with van der Waals surface area (Å²) in [4.78, 5) is 0. The SMILES string of the molecule is CC1CCOC1C(O)CC1CCCN(S(C)(=O)=O)C1. The van der Waals surface area contributed by atoms with E-state index in [9.17, 15) is 13.5 Å². The first-order valence-corrected chi connectivity index (χ1v) is 8.97. The number of aliphatic hydroxyl groups is 1. The third-order valence-corrected chi connectivity index (χ3v) is 5.62. The van der Waals surface area contributed by atoms with Crippen LogP contribution in [0.25, 0.3) is 0 Å². The molecular weight excluding hydrogens is 266 g/mol. The van der Waals surface area contributed by atoms with E-state index in [0.29, 0.717) is 25.4 Å². The van der Waals surface area contributed by atoms with Crippen LogP contribution in [0.5, 0.6) is 0 Å². The Bertz CT molecular complexity index is 397. The van der Waals surface area contributed by atoms with E-state index in [4.69, 9.17) is 4.74 Å². The van der Waals surface area contributed by atoms with Crippen molar-refractivity contribution in [3.05, 3.63) is 0 Å². The topological polar surface area (TPSA) is 66.8 Å². The summed E-state index contributed by atoms with van der Waals surface area (Å²) >= 11 is 0. The molecule has 0 aromatic heterocycles. The van der Waals surface area contributed by atoms with E-state index in [1.54, 1.807) is 0 Å². The van der Waals surface area contributed by atoms with Gasteiger partial charge in [-0.25, -0.2) is 12.7 Å². The van der Waals surface area contributed by atoms with Gasteiger partial charge >= 0.3 is 0 Å². The first-order chi connectivity index (χ1) is 8.88. The van der Waals surface area contributed by atoms with Crippen LogP contribution in [-0.4, -0.2) is 56.0 Å². The Hall–Kier alpha value is -0.170. The van der Waals surface area contributed by atoms with E-state index >= 15 is 0 Å². The van der Waals surface area contributed by atoms with E-state index in [1.165, 1.54) is 10.6 Å². The highest BCUT2D eigenvalue weighted by molar-refractivity contribution is 7.88. The Morgan fingerprint density at radius 1 is 1.42 bits per heavy atom. The number of aliphatic hydroxyl groups excluding tert-OH is 1. The second-order valence-electron chi connectivity index (χ2n) is 6.03. The molecule has 2 fully saturated rings. The van der Waals surface area contributed by atoms with Crippen LogP contribution in [0.1, 0.15) is 32.6 Å². The molecule has 2 rings (SSSR count). The summed E-state index contributed by atoms with van der Waals surface area (Å²) in [6, 6.07) is 0. The number of rotatable bonds is 4. The number of nitrogens with zero attached hydrogens (tertiary/aromatic N) is 1. The largest absolute Gasteiger partial charge is 0.390 e. The molecule has 0 aromatic carbocycles. The Morgan fingerprint density at radius 2 is 2.16 bits per heavy atom. The molecule has 0 saturated carbocycles. The maximum atomic E-state index is 11.6. The van der Waals surface area contributed by atoms with E-state index in [1.807, 2.05) is 0 Å². The van der Waals surface area contributed by atoms with Gasteiger partial charge in [0.2, 0.25) is 10.0 Å². The van der Waals surface area contributed by atoms with Crippen molar-refractivity contribution in [3.63, 3.8) is 0 Å². The summed E-state index contributed by atoms with van der Waals surface area (Å²) < 4.78 is 30.2. The average Bonchev–Trinajstić information content (AvgIpc) is 2.75. The summed E-state index contributed by atoms with van der Waals surface area (Å²) in [6.45, 7) is 3.98. The van der Waals surface area contributed by atoms with Gasteiger partial charge in [0.15, 0.2) is 0 Å². The van der Waals surface area contributed by atoms with E-state index in [-0.39, 0.29) is 12.0 Å². The zero-order chi connectivity index (χ0) is 14.0. The third-order valence-electron chi connectivity index (χ3n) is 4.35. The lowest BCUT2D eigenvalue weighted by Crippen LogP contribution is -2.41. The predicted molar refractivity (Wildman–Crippen MR) is 73.3 cm³/mol. The van der Waals surface area contributed by atoms with E-state index in [2.05, 4.69) is 6.92 Å². The van der Waals surface area contributed by atoms with Crippen LogP contribution in [-0.2, 0) is 14.8 Å². The molecule has 6 heteroatoms. The molecule has 4 atom stereocenters. The molecule has 2 aliphatic rings. The lowest BCUT2D eigenvalue weighted by Gasteiger charge is -2.33. The lowest BCUT2D eigenvalue weighted by atomic mass is 9.88. The molecule has 0 amide bonds. The molecule has 5 nitrogen and oxygen atoms in total. The smallest absolute Gasteiger partial charge is 0.211 e. The number of sulfonamides is 1. The van der Waals surface area contributed by atoms with Gasteiger partial charge in [0.1, 0.15) is 0 Å². The van der Waals surface area contributed by atoms with Gasteiger partial charge in [-0.05, 0) is 37.5 Å². The summed E-state index contributed by atoms with van der Waals surface area (Å²) in [7, 11) is -3.10. The van der Waals surface area contributed by atoms with E-state index in [0.717, 1.165) is 25.9 Å². The zero-order valence-electron chi connectivity index (χ0n) is 11.8. The minimum atomic E-state index is -3.10. The molecule has 0 bridgehead atoms. The van der Waals surface area contributed by atoms with Crippen molar-refractivity contribution in [2.45, 2.75) is 44.8 Å². The third kappa shape index (κ3) is 3.90. The molecular formula is C13H25NO4S. The summed E-state index contributed by atoms with van der Waals surface area (Å²) in [5.41, 5.74) is 0. The minimum absolute atomic E-state index is 0.0754. The molecule has 1 N–H and O–H groups in total. The van der Waals surface area contributed by atoms with Crippen LogP contribution in [0.4, 0.5) is 0 Å². The highest BCUT2D eigenvalue weighted by Crippen LogP contribution is 2.29. The molecule has 2 saturated heterocycles. The Balaban J connectivity index is 1.88. The van der Waals surface area contributed by atoms with Crippen molar-refractivity contribution in [2.24, 2.45) is 11.8 Å². The van der Waals surface area contributed by atoms with Gasteiger partial charge in [-0.2, -0.15) is 0 Å². The Kier molecular flexibility index (Phi) is 4.87. The molecule has 4 unspecified atom stereocenters. The van der Waals surface area contributed by atoms with Crippen molar-refractivity contribution in [3.8, 4) is 0 Å². The molecule has 0 spiro atoms. The summed E-state index contributed by atoms with van der Waals surface area (Å²) in [6.07, 6.45) is 4.22. The highest BCUT2D eigenvalue weighted by atomic mass is 32.2. The lowest BCUT2D eigenvalue weighted by molar-refractivity contribution is -0.0302. The molecule has 2 heterocycles. The van der Waals surface area contributed by atoms with E-state index < -0.39 is 16.1 Å². The van der Waals surface area contributed by atoms with Gasteiger partial charge < -0.3 is 9.84 Å². The minimum Gasteiger partial charge on any atom is -0.390 e. The fourth-order valence-corrected chi connectivity index (χ4v) is 4.15. The predicted octanol–water partition coefficient (Wildman–Crippen LogP) is 0.834. The average molecular weight is 291 g/mol. The van der Waals surface area contributed by atoms with Crippen molar-refractivity contribution < 1.29 is 18.3 Å². The Labute approximate surface area is 116 Å². The number of piperidine rings is 1. The fourth-order valence-electron chi connectivity index (χ4n) is 3.20. The van der Waals surface area contributed by atoms with Gasteiger partial charge in [0.25, 0.3) is 0 Å². The van der Waals surface area contributed by atoms with Gasteiger partial charge in [0.05, 0.1) is 18.5 Å². The second kappa shape index (κ2) is 6.08. The molecule has 0 aromatic rings. The maximum Gasteiger partial charge on any atom is 0.211 e. The number of hydrogen-bond donors (Lipinski definition) is 1. The van der Waals surface area contributed by atoms with Crippen LogP contribution < -0.4 is 0 Å². The van der Waals surface area contributed by atoms with Crippen LogP contribution in [0, 0.1) is 11.8 Å². The number of hydrogen-bond acceptors (Lipinski definition) is 4. The van der Waals surface area contributed by atoms with Crippen molar-refractivity contribution in [1.82, 2.24) is 4.31 Å². The fraction of sp³-hybridized carbons (Fsp3) is 1.00. The Morgan fingerprint density at radius 3 is 2.74 bits per heavy atom. The summed E-state index contributed by atoms with van der Waals surface area (Å²) in [5, 5.41) is 10.3. The monoisotopic (exact) mass is 291 g/mol. The van der Waals surface area contributed by atoms with Gasteiger partial charge in [-0.3, -0.25) is 0 Å². The van der Waals surface area contributed by atoms with Crippen molar-refractivity contribution >= 4 is 10.0 Å².